The zero-order valence-corrected chi connectivity index (χ0v) is 85.8. The Balaban J connectivity index is 0.00000642. The number of benzene rings is 9. The molecule has 19 rings (SSSR count). The van der Waals surface area contributed by atoms with E-state index in [0.29, 0.717) is 157 Å². The average Bonchev–Trinajstić information content (AvgIpc) is 1.70. The molecule has 16 bridgehead atoms. The van der Waals surface area contributed by atoms with E-state index in [0.717, 1.165) is 117 Å². The molecular formula is C112H88F5N9O6S2Zn2-2. The average molecular weight is 1950 g/mol. The van der Waals surface area contributed by atoms with E-state index in [4.69, 9.17) is 49.9 Å². The number of hydrogen-bond acceptors (Lipinski definition) is 12. The van der Waals surface area contributed by atoms with Crippen molar-refractivity contribution in [3.05, 3.63) is 320 Å². The molecule has 0 amide bonds. The molecule has 0 saturated carbocycles. The maximum Gasteiger partial charge on any atom is 2.00 e. The van der Waals surface area contributed by atoms with Crippen molar-refractivity contribution in [1.29, 1.82) is 0 Å². The minimum atomic E-state index is -5.41. The molecule has 0 unspecified atom stereocenters. The van der Waals surface area contributed by atoms with E-state index in [-0.39, 0.29) is 77.4 Å². The SMILES string of the molecule is Cc1cc(C)c(-c2c3nc(c(-c4c(F)c(F)c(F)c(F)c4F)c4ccc([n-]4)c(-c4c(C)cc(C)cc4C)c4nc(c(-c5c(C)cc(-c6cc(SOO[O-])c(-c7cc(C)c(-c8c9nc(c(-c%10c(C)c(C)cc(C)c%10C)c%10ccc([n-]%10)c(-c%10ccc(N)cc%10)c%10nc(c(-c%11c(C)c(C)cc(C)c%11C)c%11ccc8[n-]%11)C=C%10)C=C9)c(C)c7)cc6S(=O)(=O)[O-])cc5C)c5ccc2[n-]5)C=C4)C=C3)c(C)c1.[Zn+2].[Zn+2]. The van der Waals surface area contributed by atoms with Crippen LogP contribution >= 0.6 is 12.0 Å². The monoisotopic (exact) mass is 1940 g/mol. The number of halogens is 5. The Hall–Kier alpha value is -13.0. The summed E-state index contributed by atoms with van der Waals surface area (Å²) in [5.74, 6) is -10.7. The van der Waals surface area contributed by atoms with E-state index in [9.17, 15) is 18.2 Å². The van der Waals surface area contributed by atoms with Crippen LogP contribution in [0.25, 0.3) is 204 Å². The molecule has 10 heterocycles. The Labute approximate surface area is 814 Å². The van der Waals surface area contributed by atoms with Gasteiger partial charge in [-0.25, -0.2) is 50.3 Å². The van der Waals surface area contributed by atoms with Crippen LogP contribution in [-0.4, -0.2) is 32.9 Å². The van der Waals surface area contributed by atoms with Gasteiger partial charge in [-0.2, -0.15) is 4.33 Å². The van der Waals surface area contributed by atoms with Gasteiger partial charge in [0.25, 0.3) is 0 Å². The Morgan fingerprint density at radius 1 is 0.294 bits per heavy atom. The molecule has 4 aliphatic heterocycles. The second-order valence-electron chi connectivity index (χ2n) is 35.6. The van der Waals surface area contributed by atoms with Gasteiger partial charge in [-0.15, -0.1) is 44.1 Å². The van der Waals surface area contributed by atoms with Crippen molar-refractivity contribution in [2.75, 3.05) is 5.73 Å². The first-order valence-electron chi connectivity index (χ1n) is 43.8. The van der Waals surface area contributed by atoms with Gasteiger partial charge in [0.1, 0.15) is 10.1 Å². The van der Waals surface area contributed by atoms with Gasteiger partial charge in [0.2, 0.25) is 5.82 Å². The topological polar surface area (TPSA) is 233 Å². The molecule has 2 N–H and O–H groups in total. The number of aromatic nitrogens is 8. The molecule has 15 aromatic rings. The number of hydrogen-bond donors (Lipinski definition) is 1. The zero-order valence-electron chi connectivity index (χ0n) is 78.2. The molecule has 0 saturated heterocycles. The number of fused-ring (bicyclic) bond motifs is 16. The normalized spacial score (nSPS) is 12.2. The fraction of sp³-hybridized carbons (Fsp3) is 0.161. The van der Waals surface area contributed by atoms with Crippen molar-refractivity contribution in [3.8, 4) is 111 Å². The van der Waals surface area contributed by atoms with E-state index < -0.39 is 55.2 Å². The molecule has 15 nitrogen and oxygen atoms in total. The molecule has 0 aliphatic carbocycles. The first-order valence-corrected chi connectivity index (χ1v) is 45.9. The van der Waals surface area contributed by atoms with Crippen LogP contribution in [0.3, 0.4) is 0 Å². The predicted molar refractivity (Wildman–Crippen MR) is 527 cm³/mol. The quantitative estimate of drug-likeness (QED) is 0.0123. The molecule has 24 heteroatoms. The number of nitrogen functional groups attached to an aromatic ring is 1. The van der Waals surface area contributed by atoms with Crippen LogP contribution in [-0.2, 0) is 58.4 Å². The first-order chi connectivity index (χ1) is 63.9. The molecule has 9 aromatic carbocycles. The van der Waals surface area contributed by atoms with Crippen molar-refractivity contribution >= 4 is 121 Å². The smallest absolute Gasteiger partial charge is 0.744 e. The first kappa shape index (κ1) is 94.8. The van der Waals surface area contributed by atoms with Gasteiger partial charge in [-0.3, -0.25) is 5.04 Å². The van der Waals surface area contributed by atoms with Crippen LogP contribution in [0, 0.1) is 154 Å². The van der Waals surface area contributed by atoms with Crippen LogP contribution in [0.2, 0.25) is 0 Å². The van der Waals surface area contributed by atoms with Crippen molar-refractivity contribution < 1.29 is 88.5 Å². The Morgan fingerprint density at radius 2 is 0.551 bits per heavy atom. The summed E-state index contributed by atoms with van der Waals surface area (Å²) < 4.78 is 128. The molecule has 0 spiro atoms. The Morgan fingerprint density at radius 3 is 0.846 bits per heavy atom. The molecule has 4 aliphatic rings. The molecular weight excluding hydrogens is 1860 g/mol. The molecule has 0 atom stereocenters. The van der Waals surface area contributed by atoms with Crippen molar-refractivity contribution in [2.24, 2.45) is 0 Å². The van der Waals surface area contributed by atoms with Gasteiger partial charge < -0.3 is 35.5 Å². The third kappa shape index (κ3) is 16.3. The summed E-state index contributed by atoms with van der Waals surface area (Å²) in [6.45, 7) is 36.3. The third-order valence-corrected chi connectivity index (χ3v) is 28.2. The van der Waals surface area contributed by atoms with E-state index >= 15 is 22.0 Å². The van der Waals surface area contributed by atoms with Gasteiger partial charge in [-0.05, 0) is 387 Å². The zero-order chi connectivity index (χ0) is 94.7. The number of nitrogens with zero attached hydrogens (tertiary/aromatic N) is 8. The second-order valence-corrected chi connectivity index (χ2v) is 37.7. The molecule has 0 radical (unpaired) electrons. The summed E-state index contributed by atoms with van der Waals surface area (Å²) in [7, 11) is -5.41. The van der Waals surface area contributed by atoms with Gasteiger partial charge in [0.15, 0.2) is 23.3 Å². The molecule has 0 fully saturated rings. The van der Waals surface area contributed by atoms with Gasteiger partial charge in [0, 0.05) is 16.1 Å². The standard InChI is InChI=1S/C112H90F5N9O6S2.2Zn/c1-51-39-57(7)93(58(8)40-51)100-77-27-29-81(121-77)102(82-30-28-78(122-82)101(94-59(9)41-52(2)42-60(94)10)80-34-38-90(126-80)106(89-37-33-79(100)125-89)107-108(113)110(115)112(117)111(116)109(107)114)96-63(13)47-71(48-64(96)14)74-49-91(133-132-131-127)73(50-92(74)134(128,129)130)70-45-61(11)95(62(12)46-70)103-83-31-35-87(123-83)104(97-65(15)53(3)43-54(4)66(97)16)85-25-23-75(119-85)99(69-19-21-72(118)22-20-69)76-24-26-86(120-76)105(88-36-32-84(103)124-88)98-67(17)55(5)44-56(6)68(98)18;;/h19-50,127H,118H2,1-18H3,(H,128,129,130);;/q-4;2*+2/p-2. The van der Waals surface area contributed by atoms with E-state index in [1.807, 2.05) is 191 Å². The van der Waals surface area contributed by atoms with Crippen LogP contribution in [0.15, 0.2) is 155 Å². The number of rotatable bonds is 14. The number of anilines is 1. The van der Waals surface area contributed by atoms with Crippen molar-refractivity contribution in [3.63, 3.8) is 0 Å². The summed E-state index contributed by atoms with van der Waals surface area (Å²) >= 11 is 0.544. The summed E-state index contributed by atoms with van der Waals surface area (Å²) in [5.41, 5.74) is 40.1. The fourth-order valence-electron chi connectivity index (χ4n) is 20.4. The fourth-order valence-corrected chi connectivity index (χ4v) is 21.7. The Kier molecular flexibility index (Phi) is 25.3. The van der Waals surface area contributed by atoms with Crippen LogP contribution in [0.5, 0.6) is 0 Å². The van der Waals surface area contributed by atoms with Gasteiger partial charge in [0.05, 0.1) is 68.1 Å². The molecule has 670 valence electrons. The molecule has 136 heavy (non-hydrogen) atoms. The summed E-state index contributed by atoms with van der Waals surface area (Å²) in [4.78, 5) is 43.4. The molecule has 6 aromatic heterocycles. The number of aryl methyl sites for hydroxylation is 14. The third-order valence-electron chi connectivity index (χ3n) is 26.7. The largest absolute Gasteiger partial charge is 2.00 e. The van der Waals surface area contributed by atoms with Crippen LogP contribution in [0.1, 0.15) is 146 Å². The van der Waals surface area contributed by atoms with Crippen molar-refractivity contribution in [2.45, 2.75) is 134 Å². The minimum absolute atomic E-state index is 0. The van der Waals surface area contributed by atoms with Crippen molar-refractivity contribution in [1.82, 2.24) is 39.9 Å². The second kappa shape index (κ2) is 36.3. The summed E-state index contributed by atoms with van der Waals surface area (Å²) in [6, 6.07) is 45.2. The van der Waals surface area contributed by atoms with Gasteiger partial charge >= 0.3 is 39.0 Å². The van der Waals surface area contributed by atoms with E-state index in [1.54, 1.807) is 24.3 Å². The van der Waals surface area contributed by atoms with Crippen LogP contribution in [0.4, 0.5) is 27.6 Å². The summed E-state index contributed by atoms with van der Waals surface area (Å²) in [6.07, 6.45) is 14.9. The summed E-state index contributed by atoms with van der Waals surface area (Å²) in [5, 5.41) is 16.3. The maximum atomic E-state index is 16.7. The Bertz CT molecular complexity index is 8100. The van der Waals surface area contributed by atoms with Gasteiger partial charge in [-0.1, -0.05) is 132 Å². The predicted octanol–water partition coefficient (Wildman–Crippen LogP) is 26.8. The van der Waals surface area contributed by atoms with E-state index in [1.165, 1.54) is 24.3 Å². The van der Waals surface area contributed by atoms with Crippen LogP contribution < -0.4 is 30.9 Å². The van der Waals surface area contributed by atoms with E-state index in [2.05, 4.69) is 84.7 Å². The minimum Gasteiger partial charge on any atom is -0.744 e. The maximum absolute atomic E-state index is 16.7. The number of nitrogens with two attached hydrogens (primary N) is 1.